The molecule has 168 valence electrons. The third kappa shape index (κ3) is 5.34. The molecule has 7 heteroatoms. The van der Waals surface area contributed by atoms with Crippen LogP contribution in [0, 0.1) is 5.92 Å². The second kappa shape index (κ2) is 9.96. The van der Waals surface area contributed by atoms with Gasteiger partial charge in [-0.05, 0) is 68.5 Å². The maximum atomic E-state index is 12.9. The highest BCUT2D eigenvalue weighted by atomic mass is 16.2. The lowest BCUT2D eigenvalue weighted by Gasteiger charge is -2.35. The molecule has 2 aliphatic rings. The quantitative estimate of drug-likeness (QED) is 0.657. The van der Waals surface area contributed by atoms with Crippen LogP contribution in [0.2, 0.25) is 0 Å². The number of carbonyl (C=O) groups excluding carboxylic acids is 3. The SMILES string of the molecule is CC(C(=O)Nc1cccc(CN2C(=O)CNC2=O)c1)N1CCC(Cc2ccccc2)CC1. The van der Waals surface area contributed by atoms with Gasteiger partial charge in [-0.1, -0.05) is 42.5 Å². The summed E-state index contributed by atoms with van der Waals surface area (Å²) in [7, 11) is 0. The Morgan fingerprint density at radius 1 is 1.06 bits per heavy atom. The molecule has 0 spiro atoms. The van der Waals surface area contributed by atoms with E-state index in [-0.39, 0.29) is 37.0 Å². The summed E-state index contributed by atoms with van der Waals surface area (Å²) >= 11 is 0. The first kappa shape index (κ1) is 22.0. The molecule has 2 heterocycles. The van der Waals surface area contributed by atoms with Crippen molar-refractivity contribution >= 4 is 23.5 Å². The summed E-state index contributed by atoms with van der Waals surface area (Å²) in [6.07, 6.45) is 3.28. The van der Waals surface area contributed by atoms with Crippen LogP contribution in [0.1, 0.15) is 30.9 Å². The Balaban J connectivity index is 1.28. The number of hydrogen-bond acceptors (Lipinski definition) is 4. The normalized spacial score (nSPS) is 18.5. The molecule has 0 radical (unpaired) electrons. The zero-order valence-corrected chi connectivity index (χ0v) is 18.4. The number of piperidine rings is 1. The van der Waals surface area contributed by atoms with Crippen LogP contribution in [0.15, 0.2) is 54.6 Å². The van der Waals surface area contributed by atoms with Crippen molar-refractivity contribution < 1.29 is 14.4 Å². The number of benzene rings is 2. The highest BCUT2D eigenvalue weighted by Crippen LogP contribution is 2.23. The van der Waals surface area contributed by atoms with E-state index in [0.717, 1.165) is 37.9 Å². The van der Waals surface area contributed by atoms with Crippen molar-refractivity contribution in [3.63, 3.8) is 0 Å². The number of anilines is 1. The molecule has 32 heavy (non-hydrogen) atoms. The molecule has 2 fully saturated rings. The molecule has 2 aromatic rings. The Hall–Kier alpha value is -3.19. The topological polar surface area (TPSA) is 81.8 Å². The van der Waals surface area contributed by atoms with Crippen molar-refractivity contribution in [2.24, 2.45) is 5.92 Å². The molecule has 2 N–H and O–H groups in total. The maximum Gasteiger partial charge on any atom is 0.324 e. The zero-order chi connectivity index (χ0) is 22.5. The summed E-state index contributed by atoms with van der Waals surface area (Å²) < 4.78 is 0. The Labute approximate surface area is 188 Å². The number of hydrogen-bond donors (Lipinski definition) is 2. The Morgan fingerprint density at radius 2 is 1.78 bits per heavy atom. The average Bonchev–Trinajstić information content (AvgIpc) is 3.12. The molecule has 0 aliphatic carbocycles. The van der Waals surface area contributed by atoms with Gasteiger partial charge in [0, 0.05) is 5.69 Å². The number of rotatable bonds is 7. The predicted molar refractivity (Wildman–Crippen MR) is 123 cm³/mol. The van der Waals surface area contributed by atoms with Crippen molar-refractivity contribution in [3.05, 3.63) is 65.7 Å². The van der Waals surface area contributed by atoms with Gasteiger partial charge in [-0.2, -0.15) is 0 Å². The fourth-order valence-electron chi connectivity index (χ4n) is 4.45. The Kier molecular flexibility index (Phi) is 6.85. The lowest BCUT2D eigenvalue weighted by molar-refractivity contribution is -0.125. The van der Waals surface area contributed by atoms with Gasteiger partial charge < -0.3 is 10.6 Å². The number of imide groups is 1. The fraction of sp³-hybridized carbons (Fsp3) is 0.400. The molecule has 4 amide bonds. The van der Waals surface area contributed by atoms with E-state index in [1.54, 1.807) is 0 Å². The minimum atomic E-state index is -0.381. The molecule has 0 aromatic heterocycles. The summed E-state index contributed by atoms with van der Waals surface area (Å²) in [4.78, 5) is 39.9. The summed E-state index contributed by atoms with van der Waals surface area (Å²) in [5, 5.41) is 5.51. The number of nitrogens with zero attached hydrogens (tertiary/aromatic N) is 2. The third-order valence-electron chi connectivity index (χ3n) is 6.42. The van der Waals surface area contributed by atoms with Gasteiger partial charge in [0.1, 0.15) is 0 Å². The van der Waals surface area contributed by atoms with Crippen molar-refractivity contribution in [2.75, 3.05) is 25.0 Å². The number of urea groups is 1. The molecule has 2 saturated heterocycles. The van der Waals surface area contributed by atoms with E-state index in [1.165, 1.54) is 10.5 Å². The van der Waals surface area contributed by atoms with Crippen LogP contribution in [0.5, 0.6) is 0 Å². The van der Waals surface area contributed by atoms with Crippen LogP contribution in [0.4, 0.5) is 10.5 Å². The third-order valence-corrected chi connectivity index (χ3v) is 6.42. The number of amides is 4. The first-order valence-corrected chi connectivity index (χ1v) is 11.3. The first-order chi connectivity index (χ1) is 15.5. The molecular weight excluding hydrogens is 404 g/mol. The van der Waals surface area contributed by atoms with E-state index in [0.29, 0.717) is 11.6 Å². The minimum absolute atomic E-state index is 0.0365. The van der Waals surface area contributed by atoms with Crippen LogP contribution < -0.4 is 10.6 Å². The zero-order valence-electron chi connectivity index (χ0n) is 18.4. The monoisotopic (exact) mass is 434 g/mol. The van der Waals surface area contributed by atoms with Gasteiger partial charge in [0.15, 0.2) is 0 Å². The smallest absolute Gasteiger partial charge is 0.324 e. The molecule has 1 unspecified atom stereocenters. The molecule has 2 aromatic carbocycles. The fourth-order valence-corrected chi connectivity index (χ4v) is 4.45. The van der Waals surface area contributed by atoms with Crippen LogP contribution in [-0.2, 0) is 22.6 Å². The Morgan fingerprint density at radius 3 is 2.47 bits per heavy atom. The lowest BCUT2D eigenvalue weighted by Crippen LogP contribution is -2.46. The highest BCUT2D eigenvalue weighted by Gasteiger charge is 2.29. The van der Waals surface area contributed by atoms with Crippen LogP contribution in [-0.4, -0.2) is 53.3 Å². The summed E-state index contributed by atoms with van der Waals surface area (Å²) in [6, 6.07) is 17.3. The van der Waals surface area contributed by atoms with Gasteiger partial charge in [0.2, 0.25) is 11.8 Å². The van der Waals surface area contributed by atoms with Gasteiger partial charge >= 0.3 is 6.03 Å². The summed E-state index contributed by atoms with van der Waals surface area (Å²) in [5.41, 5.74) is 2.85. The van der Waals surface area contributed by atoms with Crippen molar-refractivity contribution in [1.29, 1.82) is 0 Å². The van der Waals surface area contributed by atoms with E-state index < -0.39 is 0 Å². The van der Waals surface area contributed by atoms with Crippen molar-refractivity contribution in [2.45, 2.75) is 38.8 Å². The molecule has 0 bridgehead atoms. The Bertz CT molecular complexity index is 954. The van der Waals surface area contributed by atoms with E-state index in [4.69, 9.17) is 0 Å². The van der Waals surface area contributed by atoms with Gasteiger partial charge in [0.25, 0.3) is 0 Å². The molecule has 4 rings (SSSR count). The van der Waals surface area contributed by atoms with E-state index in [1.807, 2.05) is 37.3 Å². The number of nitrogens with one attached hydrogen (secondary N) is 2. The first-order valence-electron chi connectivity index (χ1n) is 11.3. The number of likely N-dealkylation sites (tertiary alicyclic amines) is 1. The van der Waals surface area contributed by atoms with Crippen LogP contribution >= 0.6 is 0 Å². The largest absolute Gasteiger partial charge is 0.329 e. The molecule has 7 nitrogen and oxygen atoms in total. The highest BCUT2D eigenvalue weighted by molar-refractivity contribution is 6.01. The molecule has 2 aliphatic heterocycles. The second-order valence-electron chi connectivity index (χ2n) is 8.67. The maximum absolute atomic E-state index is 12.9. The van der Waals surface area contributed by atoms with Gasteiger partial charge in [-0.25, -0.2) is 4.79 Å². The second-order valence-corrected chi connectivity index (χ2v) is 8.67. The molecular formula is C25H30N4O3. The number of carbonyl (C=O) groups is 3. The minimum Gasteiger partial charge on any atom is -0.329 e. The van der Waals surface area contributed by atoms with Gasteiger partial charge in [-0.15, -0.1) is 0 Å². The standard InChI is InChI=1S/C25H30N4O3/c1-18(28-12-10-20(11-13-28)14-19-6-3-2-4-7-19)24(31)27-22-9-5-8-21(15-22)17-29-23(30)16-26-25(29)32/h2-9,15,18,20H,10-14,16-17H2,1H3,(H,26,32)(H,27,31). The molecule has 1 atom stereocenters. The lowest BCUT2D eigenvalue weighted by atomic mass is 9.89. The average molecular weight is 435 g/mol. The van der Waals surface area contributed by atoms with E-state index in [2.05, 4.69) is 39.8 Å². The molecule has 0 saturated carbocycles. The van der Waals surface area contributed by atoms with Crippen molar-refractivity contribution in [1.82, 2.24) is 15.1 Å². The van der Waals surface area contributed by atoms with Crippen LogP contribution in [0.25, 0.3) is 0 Å². The van der Waals surface area contributed by atoms with Crippen LogP contribution in [0.3, 0.4) is 0 Å². The summed E-state index contributed by atoms with van der Waals surface area (Å²) in [6.45, 7) is 4.01. The van der Waals surface area contributed by atoms with E-state index in [9.17, 15) is 14.4 Å². The van der Waals surface area contributed by atoms with Gasteiger partial charge in [0.05, 0.1) is 19.1 Å². The van der Waals surface area contributed by atoms with Gasteiger partial charge in [-0.3, -0.25) is 19.4 Å². The summed E-state index contributed by atoms with van der Waals surface area (Å²) in [5.74, 6) is 0.374. The predicted octanol–water partition coefficient (Wildman–Crippen LogP) is 3.02. The van der Waals surface area contributed by atoms with E-state index >= 15 is 0 Å². The van der Waals surface area contributed by atoms with Crippen molar-refractivity contribution in [3.8, 4) is 0 Å².